The predicted octanol–water partition coefficient (Wildman–Crippen LogP) is 5.00. The average molecular weight is 419 g/mol. The molecule has 1 aliphatic rings. The summed E-state index contributed by atoms with van der Waals surface area (Å²) in [5.41, 5.74) is 3.78. The Morgan fingerprint density at radius 1 is 0.967 bits per heavy atom. The zero-order chi connectivity index (χ0) is 20.9. The van der Waals surface area contributed by atoms with Crippen LogP contribution >= 0.6 is 11.6 Å². The smallest absolute Gasteiger partial charge is 0.251 e. The molecule has 1 aliphatic carbocycles. The van der Waals surface area contributed by atoms with Crippen LogP contribution < -0.4 is 10.6 Å². The van der Waals surface area contributed by atoms with Crippen LogP contribution in [0.3, 0.4) is 0 Å². The molecule has 0 aromatic heterocycles. The standard InChI is InChI=1S/C25H23ClN2O2/c26-20-12-13-21-19(15-20)11-14-22(21)27-24(29)16-23(17-7-3-1-4-8-17)28-25(30)18-9-5-2-6-10-18/h1-10,12-13,15,22-23H,11,14,16H2,(H,27,29)(H,28,30). The Morgan fingerprint density at radius 2 is 1.67 bits per heavy atom. The monoisotopic (exact) mass is 418 g/mol. The highest BCUT2D eigenvalue weighted by molar-refractivity contribution is 6.30. The van der Waals surface area contributed by atoms with Gasteiger partial charge in [-0.2, -0.15) is 0 Å². The molecule has 0 saturated carbocycles. The van der Waals surface area contributed by atoms with E-state index in [2.05, 4.69) is 10.6 Å². The first kappa shape index (κ1) is 20.2. The van der Waals surface area contributed by atoms with Crippen LogP contribution in [0.25, 0.3) is 0 Å². The Hall–Kier alpha value is -3.11. The van der Waals surface area contributed by atoms with Gasteiger partial charge in [-0.3, -0.25) is 9.59 Å². The lowest BCUT2D eigenvalue weighted by Gasteiger charge is -2.21. The lowest BCUT2D eigenvalue weighted by molar-refractivity contribution is -0.122. The number of rotatable bonds is 6. The van der Waals surface area contributed by atoms with Gasteiger partial charge in [-0.15, -0.1) is 0 Å². The van der Waals surface area contributed by atoms with Gasteiger partial charge in [0.2, 0.25) is 5.91 Å². The fourth-order valence-electron chi connectivity index (χ4n) is 3.94. The fourth-order valence-corrected chi connectivity index (χ4v) is 4.14. The van der Waals surface area contributed by atoms with E-state index >= 15 is 0 Å². The minimum absolute atomic E-state index is 0.0222. The van der Waals surface area contributed by atoms with Gasteiger partial charge in [0, 0.05) is 10.6 Å². The van der Waals surface area contributed by atoms with Crippen LogP contribution in [0.4, 0.5) is 0 Å². The second-order valence-corrected chi connectivity index (χ2v) is 7.95. The number of hydrogen-bond acceptors (Lipinski definition) is 2. The van der Waals surface area contributed by atoms with Crippen molar-refractivity contribution in [2.24, 2.45) is 0 Å². The van der Waals surface area contributed by atoms with Crippen molar-refractivity contribution in [2.75, 3.05) is 0 Å². The van der Waals surface area contributed by atoms with Gasteiger partial charge in [0.1, 0.15) is 0 Å². The molecule has 4 rings (SSSR count). The highest BCUT2D eigenvalue weighted by Crippen LogP contribution is 2.33. The van der Waals surface area contributed by atoms with E-state index in [9.17, 15) is 9.59 Å². The Morgan fingerprint density at radius 3 is 2.40 bits per heavy atom. The Labute approximate surface area is 181 Å². The van der Waals surface area contributed by atoms with Crippen molar-refractivity contribution in [3.8, 4) is 0 Å². The van der Waals surface area contributed by atoms with E-state index in [0.717, 1.165) is 24.0 Å². The molecule has 152 valence electrons. The number of carbonyl (C=O) groups excluding carboxylic acids is 2. The van der Waals surface area contributed by atoms with Gasteiger partial charge in [0.15, 0.2) is 0 Å². The van der Waals surface area contributed by atoms with Crippen LogP contribution in [0, 0.1) is 0 Å². The Kier molecular flexibility index (Phi) is 6.15. The highest BCUT2D eigenvalue weighted by atomic mass is 35.5. The molecular formula is C25H23ClN2O2. The third-order valence-electron chi connectivity index (χ3n) is 5.45. The molecule has 2 atom stereocenters. The van der Waals surface area contributed by atoms with Crippen LogP contribution in [0.5, 0.6) is 0 Å². The molecule has 0 spiro atoms. The van der Waals surface area contributed by atoms with Crippen molar-refractivity contribution in [3.05, 3.63) is 106 Å². The molecule has 2 N–H and O–H groups in total. The van der Waals surface area contributed by atoms with Crippen molar-refractivity contribution in [1.82, 2.24) is 10.6 Å². The molecule has 4 nitrogen and oxygen atoms in total. The van der Waals surface area contributed by atoms with E-state index in [0.29, 0.717) is 10.6 Å². The number of amides is 2. The predicted molar refractivity (Wildman–Crippen MR) is 118 cm³/mol. The lowest BCUT2D eigenvalue weighted by atomic mass is 10.0. The summed E-state index contributed by atoms with van der Waals surface area (Å²) in [7, 11) is 0. The largest absolute Gasteiger partial charge is 0.349 e. The van der Waals surface area contributed by atoms with Crippen LogP contribution in [0.15, 0.2) is 78.9 Å². The molecular weight excluding hydrogens is 396 g/mol. The molecule has 0 aliphatic heterocycles. The lowest BCUT2D eigenvalue weighted by Crippen LogP contribution is -2.34. The number of benzene rings is 3. The van der Waals surface area contributed by atoms with Crippen molar-refractivity contribution in [3.63, 3.8) is 0 Å². The number of carbonyl (C=O) groups is 2. The number of aryl methyl sites for hydroxylation is 1. The van der Waals surface area contributed by atoms with E-state index in [-0.39, 0.29) is 24.3 Å². The molecule has 3 aromatic rings. The summed E-state index contributed by atoms with van der Waals surface area (Å²) in [6, 6.07) is 24.0. The maximum absolute atomic E-state index is 12.9. The summed E-state index contributed by atoms with van der Waals surface area (Å²) >= 11 is 6.08. The molecule has 3 aromatic carbocycles. The van der Waals surface area contributed by atoms with Crippen LogP contribution in [-0.4, -0.2) is 11.8 Å². The number of halogens is 1. The molecule has 2 amide bonds. The first-order valence-corrected chi connectivity index (χ1v) is 10.5. The second-order valence-electron chi connectivity index (χ2n) is 7.51. The molecule has 2 unspecified atom stereocenters. The SMILES string of the molecule is O=C(CC(NC(=O)c1ccccc1)c1ccccc1)NC1CCc2cc(Cl)ccc21. The molecule has 30 heavy (non-hydrogen) atoms. The van der Waals surface area contributed by atoms with E-state index in [4.69, 9.17) is 11.6 Å². The summed E-state index contributed by atoms with van der Waals surface area (Å²) in [5, 5.41) is 6.87. The van der Waals surface area contributed by atoms with Gasteiger partial charge in [0.05, 0.1) is 18.5 Å². The highest BCUT2D eigenvalue weighted by Gasteiger charge is 2.26. The minimum atomic E-state index is -0.412. The molecule has 0 heterocycles. The van der Waals surface area contributed by atoms with Crippen molar-refractivity contribution in [2.45, 2.75) is 31.3 Å². The van der Waals surface area contributed by atoms with E-state index in [1.807, 2.05) is 66.7 Å². The normalized spacial score (nSPS) is 15.8. The van der Waals surface area contributed by atoms with Crippen LogP contribution in [0.2, 0.25) is 5.02 Å². The Bertz CT molecular complexity index is 1040. The third kappa shape index (κ3) is 4.71. The minimum Gasteiger partial charge on any atom is -0.349 e. The number of hydrogen-bond donors (Lipinski definition) is 2. The first-order chi connectivity index (χ1) is 14.6. The quantitative estimate of drug-likeness (QED) is 0.591. The summed E-state index contributed by atoms with van der Waals surface area (Å²) in [6.45, 7) is 0. The van der Waals surface area contributed by atoms with E-state index in [1.165, 1.54) is 5.56 Å². The number of fused-ring (bicyclic) bond motifs is 1. The van der Waals surface area contributed by atoms with Gasteiger partial charge < -0.3 is 10.6 Å². The van der Waals surface area contributed by atoms with Gasteiger partial charge in [0.25, 0.3) is 5.91 Å². The fraction of sp³-hybridized carbons (Fsp3) is 0.200. The maximum Gasteiger partial charge on any atom is 0.251 e. The zero-order valence-electron chi connectivity index (χ0n) is 16.5. The summed E-state index contributed by atoms with van der Waals surface area (Å²) in [6.07, 6.45) is 1.92. The van der Waals surface area contributed by atoms with Crippen molar-refractivity contribution >= 4 is 23.4 Å². The van der Waals surface area contributed by atoms with Gasteiger partial charge in [-0.1, -0.05) is 66.2 Å². The average Bonchev–Trinajstić information content (AvgIpc) is 3.16. The maximum atomic E-state index is 12.9. The van der Waals surface area contributed by atoms with E-state index < -0.39 is 6.04 Å². The molecule has 0 fully saturated rings. The van der Waals surface area contributed by atoms with E-state index in [1.54, 1.807) is 12.1 Å². The number of nitrogens with one attached hydrogen (secondary N) is 2. The van der Waals surface area contributed by atoms with Crippen LogP contribution in [0.1, 0.15) is 52.0 Å². The van der Waals surface area contributed by atoms with Gasteiger partial charge in [-0.05, 0) is 53.8 Å². The zero-order valence-corrected chi connectivity index (χ0v) is 17.2. The van der Waals surface area contributed by atoms with Crippen molar-refractivity contribution < 1.29 is 9.59 Å². The van der Waals surface area contributed by atoms with Crippen LogP contribution in [-0.2, 0) is 11.2 Å². The summed E-state index contributed by atoms with van der Waals surface area (Å²) < 4.78 is 0. The molecule has 0 radical (unpaired) electrons. The second kappa shape index (κ2) is 9.14. The molecule has 0 bridgehead atoms. The summed E-state index contributed by atoms with van der Waals surface area (Å²) in [4.78, 5) is 25.6. The third-order valence-corrected chi connectivity index (χ3v) is 5.69. The van der Waals surface area contributed by atoms with Crippen molar-refractivity contribution in [1.29, 1.82) is 0 Å². The topological polar surface area (TPSA) is 58.2 Å². The van der Waals surface area contributed by atoms with Gasteiger partial charge in [-0.25, -0.2) is 0 Å². The Balaban J connectivity index is 1.47. The molecule has 0 saturated heterocycles. The first-order valence-electron chi connectivity index (χ1n) is 10.1. The summed E-state index contributed by atoms with van der Waals surface area (Å²) in [5.74, 6) is -0.289. The molecule has 5 heteroatoms. The van der Waals surface area contributed by atoms with Gasteiger partial charge >= 0.3 is 0 Å².